The molecule has 0 saturated heterocycles. The van der Waals surface area contributed by atoms with Gasteiger partial charge in [-0.2, -0.15) is 5.26 Å². The third kappa shape index (κ3) is 4.90. The van der Waals surface area contributed by atoms with Crippen molar-refractivity contribution in [3.63, 3.8) is 0 Å². The van der Waals surface area contributed by atoms with Gasteiger partial charge in [-0.05, 0) is 19.9 Å². The quantitative estimate of drug-likeness (QED) is 0.631. The maximum atomic E-state index is 8.56. The Balaban J connectivity index is 3.83. The number of nitrogens with zero attached hydrogens (tertiary/aromatic N) is 2. The molecule has 0 aliphatic heterocycles. The molecule has 0 spiro atoms. The number of nitriles is 1. The van der Waals surface area contributed by atoms with Crippen molar-refractivity contribution < 1.29 is 0 Å². The third-order valence-electron chi connectivity index (χ3n) is 2.84. The van der Waals surface area contributed by atoms with Gasteiger partial charge in [0.1, 0.15) is 0 Å². The minimum atomic E-state index is 0.394. The van der Waals surface area contributed by atoms with Gasteiger partial charge in [0, 0.05) is 12.6 Å². The van der Waals surface area contributed by atoms with Gasteiger partial charge in [-0.3, -0.25) is 0 Å². The van der Waals surface area contributed by atoms with E-state index in [9.17, 15) is 0 Å². The van der Waals surface area contributed by atoms with Crippen molar-refractivity contribution in [2.24, 2.45) is 5.92 Å². The lowest BCUT2D eigenvalue weighted by molar-refractivity contribution is 0.214. The molecule has 1 atom stereocenters. The van der Waals surface area contributed by atoms with E-state index in [0.29, 0.717) is 12.5 Å². The molecule has 0 aromatic carbocycles. The molecule has 0 rings (SSSR count). The highest BCUT2D eigenvalue weighted by molar-refractivity contribution is 4.79. The lowest BCUT2D eigenvalue weighted by Gasteiger charge is -2.26. The summed E-state index contributed by atoms with van der Waals surface area (Å²) in [6.07, 6.45) is 3.11. The van der Waals surface area contributed by atoms with Crippen molar-refractivity contribution in [2.45, 2.75) is 46.1 Å². The zero-order chi connectivity index (χ0) is 10.3. The first-order chi connectivity index (χ1) is 6.15. The van der Waals surface area contributed by atoms with E-state index >= 15 is 0 Å². The second kappa shape index (κ2) is 6.91. The van der Waals surface area contributed by atoms with Gasteiger partial charge in [-0.1, -0.05) is 26.7 Å². The fraction of sp³-hybridized carbons (Fsp3) is 0.909. The van der Waals surface area contributed by atoms with Crippen molar-refractivity contribution >= 4 is 0 Å². The van der Waals surface area contributed by atoms with Crippen molar-refractivity contribution in [1.82, 2.24) is 4.90 Å². The molecule has 0 radical (unpaired) electrons. The molecule has 0 saturated carbocycles. The van der Waals surface area contributed by atoms with Crippen LogP contribution in [0.3, 0.4) is 0 Å². The van der Waals surface area contributed by atoms with Crippen LogP contribution in [0.5, 0.6) is 0 Å². The zero-order valence-corrected chi connectivity index (χ0v) is 9.38. The van der Waals surface area contributed by atoms with E-state index in [2.05, 4.69) is 38.8 Å². The van der Waals surface area contributed by atoms with Crippen molar-refractivity contribution in [3.8, 4) is 6.07 Å². The largest absolute Gasteiger partial charge is 0.302 e. The van der Waals surface area contributed by atoms with E-state index < -0.39 is 0 Å². The van der Waals surface area contributed by atoms with Crippen LogP contribution in [0.1, 0.15) is 40.0 Å². The summed E-state index contributed by atoms with van der Waals surface area (Å²) >= 11 is 0. The highest BCUT2D eigenvalue weighted by atomic mass is 15.1. The Morgan fingerprint density at radius 2 is 1.85 bits per heavy atom. The van der Waals surface area contributed by atoms with Crippen LogP contribution in [0.25, 0.3) is 0 Å². The lowest BCUT2D eigenvalue weighted by Crippen LogP contribution is -2.33. The van der Waals surface area contributed by atoms with Crippen LogP contribution in [-0.2, 0) is 0 Å². The first-order valence-corrected chi connectivity index (χ1v) is 5.22. The van der Waals surface area contributed by atoms with Gasteiger partial charge in [-0.25, -0.2) is 0 Å². The van der Waals surface area contributed by atoms with E-state index in [1.54, 1.807) is 0 Å². The maximum Gasteiger partial charge on any atom is 0.0638 e. The molecule has 0 bridgehead atoms. The van der Waals surface area contributed by atoms with Gasteiger partial charge in [0.2, 0.25) is 0 Å². The Morgan fingerprint density at radius 1 is 1.31 bits per heavy atom. The Bertz CT molecular complexity index is 156. The predicted octanol–water partition coefficient (Wildman–Crippen LogP) is 2.66. The summed E-state index contributed by atoms with van der Waals surface area (Å²) in [6.45, 7) is 7.70. The molecule has 76 valence electrons. The normalized spacial score (nSPS) is 13.3. The van der Waals surface area contributed by atoms with Crippen LogP contribution in [0.2, 0.25) is 0 Å². The maximum absolute atomic E-state index is 8.56. The minimum Gasteiger partial charge on any atom is -0.302 e. The topological polar surface area (TPSA) is 27.0 Å². The summed E-state index contributed by atoms with van der Waals surface area (Å²) in [7, 11) is 2.11. The van der Waals surface area contributed by atoms with Crippen LogP contribution < -0.4 is 0 Å². The van der Waals surface area contributed by atoms with Gasteiger partial charge in [-0.15, -0.1) is 0 Å². The fourth-order valence-corrected chi connectivity index (χ4v) is 1.42. The molecule has 13 heavy (non-hydrogen) atoms. The first-order valence-electron chi connectivity index (χ1n) is 5.22. The first kappa shape index (κ1) is 12.4. The summed E-state index contributed by atoms with van der Waals surface area (Å²) in [6, 6.07) is 2.61. The monoisotopic (exact) mass is 182 g/mol. The molecule has 0 aromatic heterocycles. The van der Waals surface area contributed by atoms with E-state index in [1.165, 1.54) is 12.8 Å². The standard InChI is InChI=1S/C11H22N2/c1-5-11(6-2)9-13(4)10(3)7-8-12/h10-11H,5-7,9H2,1-4H3. The second-order valence-electron chi connectivity index (χ2n) is 3.83. The van der Waals surface area contributed by atoms with Crippen LogP contribution in [-0.4, -0.2) is 24.5 Å². The molecule has 0 aliphatic rings. The van der Waals surface area contributed by atoms with Gasteiger partial charge < -0.3 is 4.90 Å². The molecule has 0 heterocycles. The summed E-state index contributed by atoms with van der Waals surface area (Å²) in [5.41, 5.74) is 0. The zero-order valence-electron chi connectivity index (χ0n) is 9.38. The Labute approximate surface area is 82.5 Å². The smallest absolute Gasteiger partial charge is 0.0638 e. The van der Waals surface area contributed by atoms with Crippen molar-refractivity contribution in [1.29, 1.82) is 5.26 Å². The minimum absolute atomic E-state index is 0.394. The van der Waals surface area contributed by atoms with Gasteiger partial charge in [0.05, 0.1) is 12.5 Å². The summed E-state index contributed by atoms with van der Waals surface area (Å²) < 4.78 is 0. The number of hydrogen-bond acceptors (Lipinski definition) is 2. The van der Waals surface area contributed by atoms with Crippen molar-refractivity contribution in [2.75, 3.05) is 13.6 Å². The van der Waals surface area contributed by atoms with Gasteiger partial charge in [0.15, 0.2) is 0 Å². The summed E-state index contributed by atoms with van der Waals surface area (Å²) in [5.74, 6) is 0.783. The van der Waals surface area contributed by atoms with E-state index in [1.807, 2.05) is 0 Å². The fourth-order valence-electron chi connectivity index (χ4n) is 1.42. The average molecular weight is 182 g/mol. The molecule has 0 fully saturated rings. The molecular weight excluding hydrogens is 160 g/mol. The van der Waals surface area contributed by atoms with Crippen LogP contribution in [0, 0.1) is 17.2 Å². The highest BCUT2D eigenvalue weighted by Crippen LogP contribution is 2.11. The lowest BCUT2D eigenvalue weighted by atomic mass is 10.0. The van der Waals surface area contributed by atoms with Crippen LogP contribution in [0.15, 0.2) is 0 Å². The predicted molar refractivity (Wildman–Crippen MR) is 56.4 cm³/mol. The molecule has 1 unspecified atom stereocenters. The highest BCUT2D eigenvalue weighted by Gasteiger charge is 2.12. The number of hydrogen-bond donors (Lipinski definition) is 0. The van der Waals surface area contributed by atoms with E-state index in [-0.39, 0.29) is 0 Å². The van der Waals surface area contributed by atoms with Crippen LogP contribution in [0.4, 0.5) is 0 Å². The van der Waals surface area contributed by atoms with Gasteiger partial charge in [0.25, 0.3) is 0 Å². The average Bonchev–Trinajstić information content (AvgIpc) is 2.14. The molecule has 0 N–H and O–H groups in total. The summed E-state index contributed by atoms with van der Waals surface area (Å²) in [4.78, 5) is 2.29. The molecule has 2 heteroatoms. The van der Waals surface area contributed by atoms with E-state index in [0.717, 1.165) is 12.5 Å². The molecule has 0 aliphatic carbocycles. The van der Waals surface area contributed by atoms with Crippen LogP contribution >= 0.6 is 0 Å². The van der Waals surface area contributed by atoms with Crippen molar-refractivity contribution in [3.05, 3.63) is 0 Å². The third-order valence-corrected chi connectivity index (χ3v) is 2.84. The SMILES string of the molecule is CCC(CC)CN(C)C(C)CC#N. The second-order valence-corrected chi connectivity index (χ2v) is 3.83. The molecule has 0 aromatic rings. The summed E-state index contributed by atoms with van der Waals surface area (Å²) in [5, 5.41) is 8.56. The molecular formula is C11H22N2. The van der Waals surface area contributed by atoms with E-state index in [4.69, 9.17) is 5.26 Å². The Kier molecular flexibility index (Phi) is 6.62. The molecule has 0 amide bonds. The molecule has 2 nitrogen and oxygen atoms in total. The Morgan fingerprint density at radius 3 is 2.23 bits per heavy atom. The van der Waals surface area contributed by atoms with Gasteiger partial charge >= 0.3 is 0 Å². The number of rotatable bonds is 6. The Hall–Kier alpha value is -0.550.